The highest BCUT2D eigenvalue weighted by molar-refractivity contribution is 7.98. The summed E-state index contributed by atoms with van der Waals surface area (Å²) in [5.41, 5.74) is 0. The topological polar surface area (TPSA) is 116 Å². The van der Waals surface area contributed by atoms with Gasteiger partial charge in [0.25, 0.3) is 0 Å². The third-order valence-corrected chi connectivity index (χ3v) is 2.19. The van der Waals surface area contributed by atoms with Crippen molar-refractivity contribution in [3.8, 4) is 0 Å². The molecule has 0 aliphatic heterocycles. The Morgan fingerprint density at radius 2 is 1.94 bits per heavy atom. The number of thioether (sulfide) groups is 1. The summed E-state index contributed by atoms with van der Waals surface area (Å²) in [5, 5.41) is 21.5. The average Bonchev–Trinajstić information content (AvgIpc) is 2.16. The number of carboxylic acids is 2. The molecule has 0 spiro atoms. The molecule has 0 aromatic carbocycles. The molecule has 7 nitrogen and oxygen atoms in total. The van der Waals surface area contributed by atoms with Crippen LogP contribution in [-0.4, -0.2) is 52.8 Å². The van der Waals surface area contributed by atoms with Crippen molar-refractivity contribution >= 4 is 29.7 Å². The van der Waals surface area contributed by atoms with Gasteiger partial charge in [0.05, 0.1) is 6.42 Å². The van der Waals surface area contributed by atoms with Crippen LogP contribution < -0.4 is 10.6 Å². The van der Waals surface area contributed by atoms with Gasteiger partial charge in [0.15, 0.2) is 0 Å². The third-order valence-electron chi connectivity index (χ3n) is 1.57. The zero-order valence-corrected chi connectivity index (χ0v) is 9.54. The summed E-state index contributed by atoms with van der Waals surface area (Å²) < 4.78 is 0. The van der Waals surface area contributed by atoms with E-state index in [0.29, 0.717) is 12.3 Å². The van der Waals surface area contributed by atoms with Crippen LogP contribution >= 0.6 is 11.8 Å². The molecular weight excluding hydrogens is 236 g/mol. The largest absolute Gasteiger partial charge is 0.481 e. The van der Waals surface area contributed by atoms with Crippen molar-refractivity contribution in [2.24, 2.45) is 0 Å². The van der Waals surface area contributed by atoms with Crippen molar-refractivity contribution in [2.75, 3.05) is 18.6 Å². The lowest BCUT2D eigenvalue weighted by molar-refractivity contribution is -0.145. The fourth-order valence-corrected chi connectivity index (χ4v) is 1.16. The van der Waals surface area contributed by atoms with Gasteiger partial charge in [-0.05, 0) is 6.26 Å². The van der Waals surface area contributed by atoms with Crippen LogP contribution in [-0.2, 0) is 9.59 Å². The van der Waals surface area contributed by atoms with E-state index < -0.39 is 30.4 Å². The fraction of sp³-hybridized carbons (Fsp3) is 0.625. The summed E-state index contributed by atoms with van der Waals surface area (Å²) in [7, 11) is 0. The summed E-state index contributed by atoms with van der Waals surface area (Å²) in [6.45, 7) is 0.395. The Bertz CT molecular complexity index is 271. The summed E-state index contributed by atoms with van der Waals surface area (Å²) >= 11 is 1.53. The minimum absolute atomic E-state index is 0.395. The van der Waals surface area contributed by atoms with Gasteiger partial charge in [0.1, 0.15) is 6.04 Å². The number of urea groups is 1. The second-order valence-electron chi connectivity index (χ2n) is 2.88. The quantitative estimate of drug-likeness (QED) is 0.456. The van der Waals surface area contributed by atoms with Crippen LogP contribution in [0.4, 0.5) is 4.79 Å². The van der Waals surface area contributed by atoms with Gasteiger partial charge in [-0.2, -0.15) is 11.8 Å². The fourth-order valence-electron chi connectivity index (χ4n) is 0.851. The van der Waals surface area contributed by atoms with Gasteiger partial charge in [-0.3, -0.25) is 4.79 Å². The molecule has 0 aromatic rings. The van der Waals surface area contributed by atoms with Gasteiger partial charge in [-0.1, -0.05) is 0 Å². The summed E-state index contributed by atoms with van der Waals surface area (Å²) in [4.78, 5) is 32.0. The first kappa shape index (κ1) is 14.6. The zero-order valence-electron chi connectivity index (χ0n) is 8.73. The highest BCUT2D eigenvalue weighted by Crippen LogP contribution is 1.93. The third kappa shape index (κ3) is 6.93. The van der Waals surface area contributed by atoms with Gasteiger partial charge >= 0.3 is 18.0 Å². The number of rotatable bonds is 7. The molecule has 0 saturated carbocycles. The van der Waals surface area contributed by atoms with Gasteiger partial charge in [-0.25, -0.2) is 9.59 Å². The minimum atomic E-state index is -1.41. The number of carbonyl (C=O) groups is 3. The Kier molecular flexibility index (Phi) is 7.10. The number of hydrogen-bond donors (Lipinski definition) is 4. The molecule has 0 saturated heterocycles. The van der Waals surface area contributed by atoms with E-state index in [1.165, 1.54) is 11.8 Å². The molecule has 0 rings (SSSR count). The van der Waals surface area contributed by atoms with Crippen molar-refractivity contribution in [3.63, 3.8) is 0 Å². The molecule has 1 atom stereocenters. The maximum absolute atomic E-state index is 11.1. The summed E-state index contributed by atoms with van der Waals surface area (Å²) in [6, 6.07) is -2.09. The monoisotopic (exact) mass is 250 g/mol. The number of carboxylic acid groups (broad SMARTS) is 2. The first-order chi connectivity index (χ1) is 7.47. The van der Waals surface area contributed by atoms with Crippen LogP contribution in [0.15, 0.2) is 0 Å². The molecular formula is C8H14N2O5S. The molecule has 0 unspecified atom stereocenters. The van der Waals surface area contributed by atoms with Crippen LogP contribution in [0.1, 0.15) is 6.42 Å². The normalized spacial score (nSPS) is 11.6. The molecule has 8 heteroatoms. The van der Waals surface area contributed by atoms with Crippen LogP contribution in [0, 0.1) is 0 Å². The first-order valence-electron chi connectivity index (χ1n) is 4.45. The van der Waals surface area contributed by atoms with Gasteiger partial charge in [0, 0.05) is 12.3 Å². The Hall–Kier alpha value is -1.44. The Balaban J connectivity index is 4.03. The maximum atomic E-state index is 11.1. The van der Waals surface area contributed by atoms with Crippen LogP contribution in [0.5, 0.6) is 0 Å². The summed E-state index contributed by atoms with van der Waals surface area (Å²) in [5.74, 6) is -1.95. The molecule has 0 fully saturated rings. The first-order valence-corrected chi connectivity index (χ1v) is 5.84. The number of amides is 2. The Morgan fingerprint density at radius 3 is 2.38 bits per heavy atom. The average molecular weight is 250 g/mol. The number of aliphatic carboxylic acids is 2. The molecule has 16 heavy (non-hydrogen) atoms. The Morgan fingerprint density at radius 1 is 1.31 bits per heavy atom. The van der Waals surface area contributed by atoms with Gasteiger partial charge in [0.2, 0.25) is 0 Å². The molecule has 0 bridgehead atoms. The van der Waals surface area contributed by atoms with E-state index in [1.54, 1.807) is 0 Å². The molecule has 4 N–H and O–H groups in total. The predicted molar refractivity (Wildman–Crippen MR) is 58.6 cm³/mol. The lowest BCUT2D eigenvalue weighted by Gasteiger charge is -2.12. The zero-order chi connectivity index (χ0) is 12.6. The van der Waals surface area contributed by atoms with Crippen molar-refractivity contribution in [1.82, 2.24) is 10.6 Å². The van der Waals surface area contributed by atoms with Crippen LogP contribution in [0.2, 0.25) is 0 Å². The van der Waals surface area contributed by atoms with E-state index in [0.717, 1.165) is 0 Å². The van der Waals surface area contributed by atoms with E-state index in [4.69, 9.17) is 10.2 Å². The van der Waals surface area contributed by atoms with Gasteiger partial charge < -0.3 is 20.8 Å². The molecule has 0 heterocycles. The van der Waals surface area contributed by atoms with E-state index in [2.05, 4.69) is 10.6 Å². The van der Waals surface area contributed by atoms with Crippen LogP contribution in [0.3, 0.4) is 0 Å². The molecule has 0 aromatic heterocycles. The highest BCUT2D eigenvalue weighted by atomic mass is 32.2. The number of hydrogen-bond acceptors (Lipinski definition) is 4. The maximum Gasteiger partial charge on any atom is 0.326 e. The second-order valence-corrected chi connectivity index (χ2v) is 3.87. The molecule has 2 amide bonds. The molecule has 0 aliphatic carbocycles. The second kappa shape index (κ2) is 7.80. The van der Waals surface area contributed by atoms with E-state index in [-0.39, 0.29) is 0 Å². The van der Waals surface area contributed by atoms with Gasteiger partial charge in [-0.15, -0.1) is 0 Å². The molecule has 92 valence electrons. The van der Waals surface area contributed by atoms with Crippen molar-refractivity contribution < 1.29 is 24.6 Å². The van der Waals surface area contributed by atoms with Crippen molar-refractivity contribution in [2.45, 2.75) is 12.5 Å². The predicted octanol–water partition coefficient (Wildman–Crippen LogP) is -0.423. The van der Waals surface area contributed by atoms with E-state index in [1.807, 2.05) is 6.26 Å². The van der Waals surface area contributed by atoms with E-state index >= 15 is 0 Å². The number of carbonyl (C=O) groups excluding carboxylic acids is 1. The van der Waals surface area contributed by atoms with Crippen LogP contribution in [0.25, 0.3) is 0 Å². The van der Waals surface area contributed by atoms with Crippen molar-refractivity contribution in [1.29, 1.82) is 0 Å². The smallest absolute Gasteiger partial charge is 0.326 e. The number of nitrogens with one attached hydrogen (secondary N) is 2. The minimum Gasteiger partial charge on any atom is -0.481 e. The lowest BCUT2D eigenvalue weighted by Crippen LogP contribution is -2.47. The van der Waals surface area contributed by atoms with Crippen molar-refractivity contribution in [3.05, 3.63) is 0 Å². The standard InChI is InChI=1S/C8H14N2O5S/c1-16-3-2-9-8(15)10-5(7(13)14)4-6(11)12/h5H,2-4H2,1H3,(H,11,12)(H,13,14)(H2,9,10,15)/t5-/m0/s1. The SMILES string of the molecule is CSCCNC(=O)N[C@@H](CC(=O)O)C(=O)O. The summed E-state index contributed by atoms with van der Waals surface area (Å²) in [6.07, 6.45) is 1.22. The Labute approximate surface area is 96.6 Å². The highest BCUT2D eigenvalue weighted by Gasteiger charge is 2.22. The van der Waals surface area contributed by atoms with E-state index in [9.17, 15) is 14.4 Å². The molecule has 0 radical (unpaired) electrons. The lowest BCUT2D eigenvalue weighted by atomic mass is 10.2. The molecule has 0 aliphatic rings.